The number of hydrogen-bond acceptors (Lipinski definition) is 6. The summed E-state index contributed by atoms with van der Waals surface area (Å²) in [6, 6.07) is 7.72. The van der Waals surface area contributed by atoms with Gasteiger partial charge >= 0.3 is 5.69 Å². The zero-order chi connectivity index (χ0) is 27.1. The van der Waals surface area contributed by atoms with E-state index >= 15 is 0 Å². The molecular weight excluding hydrogens is 509 g/mol. The number of amides is 1. The van der Waals surface area contributed by atoms with Gasteiger partial charge in [-0.05, 0) is 37.1 Å². The van der Waals surface area contributed by atoms with Crippen molar-refractivity contribution in [2.75, 3.05) is 24.5 Å². The molecule has 0 bridgehead atoms. The summed E-state index contributed by atoms with van der Waals surface area (Å²) in [5.74, 6) is 0.194. The predicted molar refractivity (Wildman–Crippen MR) is 145 cm³/mol. The number of anilines is 1. The topological polar surface area (TPSA) is 100 Å². The van der Waals surface area contributed by atoms with Gasteiger partial charge in [-0.25, -0.2) is 18.7 Å². The zero-order valence-electron chi connectivity index (χ0n) is 21.3. The van der Waals surface area contributed by atoms with Crippen LogP contribution in [-0.4, -0.2) is 61.2 Å². The second-order valence-electron chi connectivity index (χ2n) is 9.57. The van der Waals surface area contributed by atoms with Crippen LogP contribution in [0.2, 0.25) is 5.02 Å². The summed E-state index contributed by atoms with van der Waals surface area (Å²) in [5.41, 5.74) is 0.907. The number of aromatic nitrogens is 5. The van der Waals surface area contributed by atoms with Crippen molar-refractivity contribution in [3.63, 3.8) is 0 Å². The number of benzene rings is 1. The average Bonchev–Trinajstić information content (AvgIpc) is 3.38. The highest BCUT2D eigenvalue weighted by Crippen LogP contribution is 2.35. The van der Waals surface area contributed by atoms with E-state index in [-0.39, 0.29) is 39.8 Å². The van der Waals surface area contributed by atoms with Crippen LogP contribution in [0.3, 0.4) is 0 Å². The summed E-state index contributed by atoms with van der Waals surface area (Å²) in [6.45, 7) is 10.8. The van der Waals surface area contributed by atoms with Gasteiger partial charge < -0.3 is 9.80 Å². The van der Waals surface area contributed by atoms with E-state index in [2.05, 4.69) is 21.8 Å². The first-order valence-electron chi connectivity index (χ1n) is 12.3. The maximum Gasteiger partial charge on any atom is 0.357 e. The van der Waals surface area contributed by atoms with E-state index in [4.69, 9.17) is 16.6 Å². The molecule has 9 nitrogen and oxygen atoms in total. The highest BCUT2D eigenvalue weighted by molar-refractivity contribution is 6.33. The molecule has 0 saturated carbocycles. The number of rotatable bonds is 5. The third-order valence-electron chi connectivity index (χ3n) is 6.80. The quantitative estimate of drug-likeness (QED) is 0.382. The summed E-state index contributed by atoms with van der Waals surface area (Å²) >= 11 is 6.69. The first-order chi connectivity index (χ1) is 18.2. The molecule has 0 spiro atoms. The number of aromatic amines is 1. The largest absolute Gasteiger partial charge is 0.357 e. The molecule has 0 radical (unpaired) electrons. The third kappa shape index (κ3) is 4.34. The van der Waals surface area contributed by atoms with Gasteiger partial charge in [-0.1, -0.05) is 44.2 Å². The molecule has 4 aromatic rings. The van der Waals surface area contributed by atoms with Gasteiger partial charge in [0.2, 0.25) is 5.91 Å². The second kappa shape index (κ2) is 10.0. The van der Waals surface area contributed by atoms with Crippen LogP contribution in [0.5, 0.6) is 0 Å². The molecule has 196 valence electrons. The Hall–Kier alpha value is -4.05. The van der Waals surface area contributed by atoms with Crippen LogP contribution in [0, 0.1) is 5.82 Å². The molecular formula is C27H27ClFN7O2. The molecule has 1 aliphatic rings. The normalized spacial score (nSPS) is 15.9. The number of hydrogen-bond donors (Lipinski definition) is 1. The fourth-order valence-corrected chi connectivity index (χ4v) is 5.11. The SMILES string of the molecule is C=CC(=O)N1CCN(c2nc(=O)n(-c3n[nH]cc3C(C)C)c3nc(-c4ccccc4F)c(Cl)cc23)[C@@H](C)C1. The Kier molecular flexibility index (Phi) is 6.75. The van der Waals surface area contributed by atoms with Gasteiger partial charge in [-0.3, -0.25) is 9.89 Å². The molecule has 38 heavy (non-hydrogen) atoms. The summed E-state index contributed by atoms with van der Waals surface area (Å²) < 4.78 is 16.1. The molecule has 1 saturated heterocycles. The maximum atomic E-state index is 14.8. The number of carbonyl (C=O) groups excluding carboxylic acids is 1. The van der Waals surface area contributed by atoms with Crippen LogP contribution in [0.15, 0.2) is 54.0 Å². The first kappa shape index (κ1) is 25.6. The molecule has 5 rings (SSSR count). The highest BCUT2D eigenvalue weighted by Gasteiger charge is 2.30. The standard InChI is InChI=1S/C27H27ClFN7O2/c1-5-22(37)34-10-11-35(16(4)14-34)24-18-12-20(28)23(17-8-6-7-9-21(17)29)31-25(18)36(27(38)32-24)26-19(15(2)3)13-30-33-26/h5-9,12-13,15-16H,1,10-11,14H2,2-4H3,(H,30,33)/t16-/m0/s1. The first-order valence-corrected chi connectivity index (χ1v) is 12.7. The summed E-state index contributed by atoms with van der Waals surface area (Å²) in [4.78, 5) is 38.7. The number of fused-ring (bicyclic) bond motifs is 1. The highest BCUT2D eigenvalue weighted by atomic mass is 35.5. The third-order valence-corrected chi connectivity index (χ3v) is 7.09. The van der Waals surface area contributed by atoms with E-state index in [0.29, 0.717) is 36.7 Å². The Bertz CT molecular complexity index is 1610. The van der Waals surface area contributed by atoms with Crippen LogP contribution in [0.4, 0.5) is 10.2 Å². The van der Waals surface area contributed by atoms with Gasteiger partial charge in [0, 0.05) is 43.0 Å². The molecule has 1 aromatic carbocycles. The lowest BCUT2D eigenvalue weighted by molar-refractivity contribution is -0.126. The van der Waals surface area contributed by atoms with Gasteiger partial charge in [-0.15, -0.1) is 0 Å². The number of nitrogens with zero attached hydrogens (tertiary/aromatic N) is 6. The maximum absolute atomic E-state index is 14.8. The van der Waals surface area contributed by atoms with E-state index in [0.717, 1.165) is 5.56 Å². The van der Waals surface area contributed by atoms with E-state index in [1.807, 2.05) is 25.7 Å². The van der Waals surface area contributed by atoms with Crippen LogP contribution < -0.4 is 10.6 Å². The van der Waals surface area contributed by atoms with Crippen LogP contribution >= 0.6 is 11.6 Å². The van der Waals surface area contributed by atoms with Gasteiger partial charge in [0.15, 0.2) is 11.5 Å². The minimum atomic E-state index is -0.576. The number of nitrogens with one attached hydrogen (secondary N) is 1. The number of piperazine rings is 1. The van der Waals surface area contributed by atoms with Crippen molar-refractivity contribution in [3.8, 4) is 17.1 Å². The Balaban J connectivity index is 1.76. The molecule has 1 amide bonds. The lowest BCUT2D eigenvalue weighted by Crippen LogP contribution is -2.54. The monoisotopic (exact) mass is 535 g/mol. The summed E-state index contributed by atoms with van der Waals surface area (Å²) in [6.07, 6.45) is 3.03. The van der Waals surface area contributed by atoms with E-state index in [1.54, 1.807) is 35.4 Å². The van der Waals surface area contributed by atoms with Gasteiger partial charge in [0.05, 0.1) is 16.1 Å². The summed E-state index contributed by atoms with van der Waals surface area (Å²) in [5, 5.41) is 7.91. The van der Waals surface area contributed by atoms with Gasteiger partial charge in [0.25, 0.3) is 0 Å². The summed E-state index contributed by atoms with van der Waals surface area (Å²) in [7, 11) is 0. The van der Waals surface area contributed by atoms with Crippen molar-refractivity contribution in [2.45, 2.75) is 32.7 Å². The molecule has 4 heterocycles. The molecule has 3 aromatic heterocycles. The zero-order valence-corrected chi connectivity index (χ0v) is 22.0. The fraction of sp³-hybridized carbons (Fsp3) is 0.296. The number of pyridine rings is 1. The average molecular weight is 536 g/mol. The minimum Gasteiger partial charge on any atom is -0.350 e. The smallest absolute Gasteiger partial charge is 0.350 e. The van der Waals surface area contributed by atoms with E-state index in [9.17, 15) is 14.0 Å². The van der Waals surface area contributed by atoms with Crippen LogP contribution in [0.25, 0.3) is 28.1 Å². The van der Waals surface area contributed by atoms with Crippen molar-refractivity contribution >= 4 is 34.4 Å². The molecule has 0 unspecified atom stereocenters. The van der Waals surface area contributed by atoms with Crippen molar-refractivity contribution in [1.82, 2.24) is 29.6 Å². The molecule has 1 N–H and O–H groups in total. The number of carbonyl (C=O) groups is 1. The van der Waals surface area contributed by atoms with Crippen molar-refractivity contribution in [3.05, 3.63) is 76.1 Å². The lowest BCUT2D eigenvalue weighted by Gasteiger charge is -2.40. The second-order valence-corrected chi connectivity index (χ2v) is 9.98. The van der Waals surface area contributed by atoms with Crippen molar-refractivity contribution < 1.29 is 9.18 Å². The van der Waals surface area contributed by atoms with Gasteiger partial charge in [-0.2, -0.15) is 10.1 Å². The molecule has 1 fully saturated rings. The number of halogens is 2. The molecule has 11 heteroatoms. The van der Waals surface area contributed by atoms with Crippen LogP contribution in [0.1, 0.15) is 32.3 Å². The van der Waals surface area contributed by atoms with Crippen molar-refractivity contribution in [2.24, 2.45) is 0 Å². The molecule has 0 aliphatic carbocycles. The molecule has 1 atom stereocenters. The Morgan fingerprint density at radius 1 is 1.24 bits per heavy atom. The van der Waals surface area contributed by atoms with Crippen molar-refractivity contribution in [1.29, 1.82) is 0 Å². The minimum absolute atomic E-state index is 0.0548. The Morgan fingerprint density at radius 2 is 2.00 bits per heavy atom. The molecule has 1 aliphatic heterocycles. The number of H-pyrrole nitrogens is 1. The Labute approximate surface area is 223 Å². The van der Waals surface area contributed by atoms with Crippen LogP contribution in [-0.2, 0) is 4.79 Å². The Morgan fingerprint density at radius 3 is 2.68 bits per heavy atom. The predicted octanol–water partition coefficient (Wildman–Crippen LogP) is 4.31. The lowest BCUT2D eigenvalue weighted by atomic mass is 10.1. The van der Waals surface area contributed by atoms with Gasteiger partial charge in [0.1, 0.15) is 11.6 Å². The fourth-order valence-electron chi connectivity index (χ4n) is 4.86. The van der Waals surface area contributed by atoms with E-state index in [1.165, 1.54) is 16.7 Å². The van der Waals surface area contributed by atoms with E-state index < -0.39 is 11.5 Å².